The molecule has 0 aromatic carbocycles. The van der Waals surface area contributed by atoms with Crippen LogP contribution in [0.5, 0.6) is 0 Å². The van der Waals surface area contributed by atoms with Crippen LogP contribution >= 0.6 is 11.8 Å². The van der Waals surface area contributed by atoms with Crippen molar-refractivity contribution in [2.24, 2.45) is 5.16 Å². The van der Waals surface area contributed by atoms with Gasteiger partial charge in [0.1, 0.15) is 5.04 Å². The highest BCUT2D eigenvalue weighted by Crippen LogP contribution is 1.92. The molecule has 0 saturated carbocycles. The van der Waals surface area contributed by atoms with Gasteiger partial charge in [-0.15, -0.1) is 11.8 Å². The molecule has 0 aliphatic rings. The molecule has 0 amide bonds. The quantitative estimate of drug-likeness (QED) is 0.217. The minimum absolute atomic E-state index is 0.690. The summed E-state index contributed by atoms with van der Waals surface area (Å²) in [5, 5.41) is 11.5. The molecule has 0 aliphatic heterocycles. The Labute approximate surface area is 41.2 Å². The Bertz CT molecular complexity index is 61.8. The molecule has 0 unspecified atom stereocenters. The Kier molecular flexibility index (Phi) is 2.94. The predicted molar refractivity (Wildman–Crippen MR) is 28.4 cm³/mol. The molecule has 0 aliphatic carbocycles. The molecule has 0 heterocycles. The summed E-state index contributed by atoms with van der Waals surface area (Å²) < 4.78 is 0. The van der Waals surface area contributed by atoms with Crippen LogP contribution < -0.4 is 0 Å². The van der Waals surface area contributed by atoms with E-state index in [1.54, 1.807) is 6.92 Å². The summed E-state index contributed by atoms with van der Waals surface area (Å²) >= 11 is 1.42. The van der Waals surface area contributed by atoms with Crippen molar-refractivity contribution in [3.63, 3.8) is 0 Å². The van der Waals surface area contributed by atoms with Crippen molar-refractivity contribution in [3.05, 3.63) is 0 Å². The van der Waals surface area contributed by atoms with Gasteiger partial charge in [-0.1, -0.05) is 5.16 Å². The van der Waals surface area contributed by atoms with Crippen LogP contribution in [0.3, 0.4) is 0 Å². The number of oxime groups is 1. The Morgan fingerprint density at radius 3 is 2.33 bits per heavy atom. The summed E-state index contributed by atoms with van der Waals surface area (Å²) in [5.74, 6) is 0. The van der Waals surface area contributed by atoms with Crippen LogP contribution in [0.2, 0.25) is 0 Å². The largest absolute Gasteiger partial charge is 0.410 e. The van der Waals surface area contributed by atoms with Gasteiger partial charge in [-0.3, -0.25) is 0 Å². The average molecular weight is 105 g/mol. The molecule has 0 fully saturated rings. The molecule has 1 N–H and O–H groups in total. The van der Waals surface area contributed by atoms with Crippen molar-refractivity contribution in [2.75, 3.05) is 6.26 Å². The highest BCUT2D eigenvalue weighted by molar-refractivity contribution is 8.13. The van der Waals surface area contributed by atoms with Gasteiger partial charge in [0.2, 0.25) is 0 Å². The predicted octanol–water partition coefficient (Wildman–Crippen LogP) is 1.16. The first-order chi connectivity index (χ1) is 2.81. The Hall–Kier alpha value is -0.180. The molecule has 0 bridgehead atoms. The third-order valence-corrected chi connectivity index (χ3v) is 1.11. The lowest BCUT2D eigenvalue weighted by Gasteiger charge is -1.81. The van der Waals surface area contributed by atoms with E-state index in [4.69, 9.17) is 5.21 Å². The van der Waals surface area contributed by atoms with Crippen LogP contribution in [0.4, 0.5) is 0 Å². The van der Waals surface area contributed by atoms with Gasteiger partial charge in [0, 0.05) is 0 Å². The maximum atomic E-state index is 7.90. The van der Waals surface area contributed by atoms with E-state index in [0.717, 1.165) is 0 Å². The van der Waals surface area contributed by atoms with Gasteiger partial charge in [-0.25, -0.2) is 0 Å². The molecule has 2 nitrogen and oxygen atoms in total. The first kappa shape index (κ1) is 5.82. The second-order valence-electron chi connectivity index (χ2n) is 0.823. The molecule has 0 radical (unpaired) electrons. The van der Waals surface area contributed by atoms with Gasteiger partial charge in [-0.2, -0.15) is 0 Å². The lowest BCUT2D eigenvalue weighted by molar-refractivity contribution is 0.320. The summed E-state index contributed by atoms with van der Waals surface area (Å²) in [6.07, 6.45) is 1.86. The third-order valence-electron chi connectivity index (χ3n) is 0.436. The van der Waals surface area contributed by atoms with Crippen molar-refractivity contribution in [1.82, 2.24) is 0 Å². The summed E-state index contributed by atoms with van der Waals surface area (Å²) in [6, 6.07) is 0. The van der Waals surface area contributed by atoms with Crippen LogP contribution in [0.1, 0.15) is 6.92 Å². The van der Waals surface area contributed by atoms with Crippen LogP contribution in [0, 0.1) is 0 Å². The monoisotopic (exact) mass is 105 g/mol. The molecule has 3 heteroatoms. The van der Waals surface area contributed by atoms with Gasteiger partial charge in [0.25, 0.3) is 0 Å². The molecule has 0 saturated heterocycles. The lowest BCUT2D eigenvalue weighted by atomic mass is 10.9. The van der Waals surface area contributed by atoms with E-state index in [0.29, 0.717) is 5.04 Å². The maximum Gasteiger partial charge on any atom is 0.109 e. The van der Waals surface area contributed by atoms with Crippen molar-refractivity contribution in [2.45, 2.75) is 6.92 Å². The van der Waals surface area contributed by atoms with E-state index in [9.17, 15) is 0 Å². The zero-order valence-electron chi connectivity index (χ0n) is 3.80. The normalized spacial score (nSPS) is 12.0. The molecule has 0 aromatic rings. The molecule has 6 heavy (non-hydrogen) atoms. The SMILES string of the molecule is CS/C(C)=N/O. The summed E-state index contributed by atoms with van der Waals surface area (Å²) in [6.45, 7) is 1.74. The second-order valence-corrected chi connectivity index (χ2v) is 1.82. The molecule has 0 rings (SSSR count). The molecule has 0 aromatic heterocycles. The van der Waals surface area contributed by atoms with Gasteiger partial charge in [-0.05, 0) is 13.2 Å². The zero-order chi connectivity index (χ0) is 4.99. The van der Waals surface area contributed by atoms with Crippen LogP contribution in [-0.4, -0.2) is 16.5 Å². The van der Waals surface area contributed by atoms with E-state index in [1.807, 2.05) is 6.26 Å². The fourth-order valence-corrected chi connectivity index (χ4v) is 0.122. The number of hydrogen-bond donors (Lipinski definition) is 1. The standard InChI is InChI=1S/C3H7NOS/c1-3(4-5)6-2/h5H,1-2H3/b4-3+. The van der Waals surface area contributed by atoms with Crippen LogP contribution in [0.15, 0.2) is 5.16 Å². The zero-order valence-corrected chi connectivity index (χ0v) is 4.62. The highest BCUT2D eigenvalue weighted by atomic mass is 32.2. The van der Waals surface area contributed by atoms with Crippen molar-refractivity contribution >= 4 is 16.8 Å². The smallest absolute Gasteiger partial charge is 0.109 e. The van der Waals surface area contributed by atoms with Crippen molar-refractivity contribution in [3.8, 4) is 0 Å². The van der Waals surface area contributed by atoms with E-state index in [1.165, 1.54) is 11.8 Å². The highest BCUT2D eigenvalue weighted by Gasteiger charge is 1.78. The fourth-order valence-electron chi connectivity index (χ4n) is 0.0408. The van der Waals surface area contributed by atoms with E-state index in [2.05, 4.69) is 5.16 Å². The van der Waals surface area contributed by atoms with Gasteiger partial charge in [0.05, 0.1) is 0 Å². The fraction of sp³-hybridized carbons (Fsp3) is 0.667. The Balaban J connectivity index is 3.22. The lowest BCUT2D eigenvalue weighted by Crippen LogP contribution is -1.76. The second kappa shape index (κ2) is 3.03. The Morgan fingerprint density at radius 1 is 1.83 bits per heavy atom. The van der Waals surface area contributed by atoms with E-state index < -0.39 is 0 Å². The number of thioether (sulfide) groups is 1. The summed E-state index contributed by atoms with van der Waals surface area (Å²) in [4.78, 5) is 0. The minimum atomic E-state index is 0.690. The summed E-state index contributed by atoms with van der Waals surface area (Å²) in [5.41, 5.74) is 0. The molecule has 0 spiro atoms. The first-order valence-electron chi connectivity index (χ1n) is 1.54. The van der Waals surface area contributed by atoms with Crippen molar-refractivity contribution < 1.29 is 5.21 Å². The Morgan fingerprint density at radius 2 is 2.33 bits per heavy atom. The molecular weight excluding hydrogens is 98.1 g/mol. The van der Waals surface area contributed by atoms with Crippen molar-refractivity contribution in [1.29, 1.82) is 0 Å². The molecular formula is C3H7NOS. The average Bonchev–Trinajstić information content (AvgIpc) is 1.65. The maximum absolute atomic E-state index is 7.90. The van der Waals surface area contributed by atoms with Gasteiger partial charge < -0.3 is 5.21 Å². The van der Waals surface area contributed by atoms with Gasteiger partial charge in [0.15, 0.2) is 0 Å². The minimum Gasteiger partial charge on any atom is -0.410 e. The topological polar surface area (TPSA) is 32.6 Å². The number of rotatable bonds is 0. The van der Waals surface area contributed by atoms with Crippen LogP contribution in [-0.2, 0) is 0 Å². The number of hydrogen-bond acceptors (Lipinski definition) is 3. The molecule has 0 atom stereocenters. The third kappa shape index (κ3) is 2.08. The molecule has 36 valence electrons. The summed E-state index contributed by atoms with van der Waals surface area (Å²) in [7, 11) is 0. The van der Waals surface area contributed by atoms with Gasteiger partial charge >= 0.3 is 0 Å². The first-order valence-corrected chi connectivity index (χ1v) is 2.76. The van der Waals surface area contributed by atoms with E-state index >= 15 is 0 Å². The number of nitrogens with zero attached hydrogens (tertiary/aromatic N) is 1. The van der Waals surface area contributed by atoms with E-state index in [-0.39, 0.29) is 0 Å². The van der Waals surface area contributed by atoms with Crippen LogP contribution in [0.25, 0.3) is 0 Å².